The van der Waals surface area contributed by atoms with E-state index in [0.717, 1.165) is 25.4 Å². The van der Waals surface area contributed by atoms with E-state index in [1.807, 2.05) is 18.5 Å². The van der Waals surface area contributed by atoms with Crippen molar-refractivity contribution in [1.82, 2.24) is 9.55 Å². The number of aromatic nitrogens is 2. The second kappa shape index (κ2) is 5.84. The van der Waals surface area contributed by atoms with Gasteiger partial charge in [0.25, 0.3) is 0 Å². The van der Waals surface area contributed by atoms with Gasteiger partial charge in [-0.15, -0.1) is 6.58 Å². The Morgan fingerprint density at radius 3 is 2.67 bits per heavy atom. The van der Waals surface area contributed by atoms with E-state index in [1.165, 1.54) is 0 Å². The fourth-order valence-corrected chi connectivity index (χ4v) is 2.51. The molecule has 0 aromatic carbocycles. The van der Waals surface area contributed by atoms with Crippen LogP contribution in [-0.4, -0.2) is 24.5 Å². The van der Waals surface area contributed by atoms with E-state index in [2.05, 4.69) is 50.0 Å². The fraction of sp³-hybridized carbons (Fsp3) is 0.643. The summed E-state index contributed by atoms with van der Waals surface area (Å²) in [7, 11) is -1.63. The second-order valence-corrected chi connectivity index (χ2v) is 10.9. The summed E-state index contributed by atoms with van der Waals surface area (Å²) in [6, 6.07) is 0. The standard InChI is InChI=1S/C14H26N2OSi/c1-7-8-13-15-9-10-16(13)11-12-17-18(5,6)14(2,3)4/h7,9-10H,1,8,11-12H2,2-6H3. The third kappa shape index (κ3) is 3.82. The first-order valence-electron chi connectivity index (χ1n) is 6.53. The van der Waals surface area contributed by atoms with Crippen molar-refractivity contribution in [3.8, 4) is 0 Å². The molecule has 3 nitrogen and oxygen atoms in total. The Hall–Kier alpha value is -0.873. The zero-order chi connectivity index (χ0) is 13.8. The molecule has 0 saturated carbocycles. The van der Waals surface area contributed by atoms with Crippen LogP contribution in [0.3, 0.4) is 0 Å². The van der Waals surface area contributed by atoms with E-state index in [4.69, 9.17) is 4.43 Å². The van der Waals surface area contributed by atoms with Crippen molar-refractivity contribution < 1.29 is 4.43 Å². The number of nitrogens with zero attached hydrogens (tertiary/aromatic N) is 2. The number of allylic oxidation sites excluding steroid dienone is 1. The Balaban J connectivity index is 2.51. The van der Waals surface area contributed by atoms with Gasteiger partial charge < -0.3 is 8.99 Å². The van der Waals surface area contributed by atoms with Crippen LogP contribution in [0.1, 0.15) is 26.6 Å². The van der Waals surface area contributed by atoms with Crippen LogP contribution >= 0.6 is 0 Å². The molecule has 0 fully saturated rings. The van der Waals surface area contributed by atoms with Gasteiger partial charge in [0.2, 0.25) is 0 Å². The van der Waals surface area contributed by atoms with Crippen molar-refractivity contribution in [2.75, 3.05) is 6.61 Å². The van der Waals surface area contributed by atoms with Gasteiger partial charge in [-0.1, -0.05) is 26.8 Å². The van der Waals surface area contributed by atoms with Crippen molar-refractivity contribution in [2.24, 2.45) is 0 Å². The third-order valence-electron chi connectivity index (χ3n) is 3.73. The minimum absolute atomic E-state index is 0.270. The number of rotatable bonds is 6. The van der Waals surface area contributed by atoms with Crippen LogP contribution in [-0.2, 0) is 17.4 Å². The van der Waals surface area contributed by atoms with Crippen molar-refractivity contribution in [3.05, 3.63) is 30.9 Å². The summed E-state index contributed by atoms with van der Waals surface area (Å²) in [4.78, 5) is 4.32. The monoisotopic (exact) mass is 266 g/mol. The van der Waals surface area contributed by atoms with Crippen molar-refractivity contribution in [2.45, 2.75) is 51.9 Å². The van der Waals surface area contributed by atoms with Crippen LogP contribution < -0.4 is 0 Å². The van der Waals surface area contributed by atoms with Crippen LogP contribution in [0, 0.1) is 0 Å². The Morgan fingerprint density at radius 1 is 1.44 bits per heavy atom. The maximum Gasteiger partial charge on any atom is 0.192 e. The van der Waals surface area contributed by atoms with E-state index in [1.54, 1.807) is 0 Å². The van der Waals surface area contributed by atoms with Gasteiger partial charge in [0.05, 0.1) is 6.61 Å². The van der Waals surface area contributed by atoms with E-state index in [9.17, 15) is 0 Å². The van der Waals surface area contributed by atoms with Crippen molar-refractivity contribution in [3.63, 3.8) is 0 Å². The number of hydrogen-bond donors (Lipinski definition) is 0. The summed E-state index contributed by atoms with van der Waals surface area (Å²) in [5, 5.41) is 0.270. The summed E-state index contributed by atoms with van der Waals surface area (Å²) in [6.45, 7) is 16.7. The quantitative estimate of drug-likeness (QED) is 0.581. The second-order valence-electron chi connectivity index (χ2n) is 6.14. The summed E-state index contributed by atoms with van der Waals surface area (Å²) < 4.78 is 8.31. The summed E-state index contributed by atoms with van der Waals surface area (Å²) in [5.41, 5.74) is 0. The lowest BCUT2D eigenvalue weighted by Crippen LogP contribution is -2.41. The molecule has 0 saturated heterocycles. The smallest absolute Gasteiger partial charge is 0.192 e. The Kier molecular flexibility index (Phi) is 4.93. The highest BCUT2D eigenvalue weighted by Crippen LogP contribution is 2.36. The SMILES string of the molecule is C=CCc1nccn1CCO[Si](C)(C)C(C)(C)C. The van der Waals surface area contributed by atoms with E-state index in [0.29, 0.717) is 0 Å². The summed E-state index contributed by atoms with van der Waals surface area (Å²) >= 11 is 0. The topological polar surface area (TPSA) is 27.1 Å². The third-order valence-corrected chi connectivity index (χ3v) is 8.27. The molecule has 1 heterocycles. The van der Waals surface area contributed by atoms with Gasteiger partial charge in [-0.2, -0.15) is 0 Å². The number of hydrogen-bond acceptors (Lipinski definition) is 2. The molecular formula is C14H26N2OSi. The minimum atomic E-state index is -1.63. The molecule has 102 valence electrons. The maximum atomic E-state index is 6.16. The van der Waals surface area contributed by atoms with Crippen LogP contribution in [0.15, 0.2) is 25.0 Å². The van der Waals surface area contributed by atoms with Crippen LogP contribution in [0.4, 0.5) is 0 Å². The van der Waals surface area contributed by atoms with Gasteiger partial charge in [-0.05, 0) is 18.1 Å². The first-order valence-corrected chi connectivity index (χ1v) is 9.43. The first kappa shape index (κ1) is 15.2. The molecule has 0 radical (unpaired) electrons. The van der Waals surface area contributed by atoms with Gasteiger partial charge in [0.15, 0.2) is 8.32 Å². The summed E-state index contributed by atoms with van der Waals surface area (Å²) in [6.07, 6.45) is 6.54. The maximum absolute atomic E-state index is 6.16. The lowest BCUT2D eigenvalue weighted by molar-refractivity contribution is 0.270. The molecule has 0 amide bonds. The Labute approximate surface area is 112 Å². The molecule has 1 aromatic rings. The van der Waals surface area contributed by atoms with Crippen LogP contribution in [0.2, 0.25) is 18.1 Å². The van der Waals surface area contributed by atoms with Crippen molar-refractivity contribution in [1.29, 1.82) is 0 Å². The molecule has 4 heteroatoms. The van der Waals surface area contributed by atoms with Crippen molar-refractivity contribution >= 4 is 8.32 Å². The van der Waals surface area contributed by atoms with Gasteiger partial charge in [0.1, 0.15) is 5.82 Å². The Bertz CT molecular complexity index is 391. The summed E-state index contributed by atoms with van der Waals surface area (Å²) in [5.74, 6) is 1.06. The molecule has 0 aliphatic heterocycles. The van der Waals surface area contributed by atoms with E-state index in [-0.39, 0.29) is 5.04 Å². The molecule has 0 atom stereocenters. The largest absolute Gasteiger partial charge is 0.415 e. The van der Waals surface area contributed by atoms with E-state index >= 15 is 0 Å². The minimum Gasteiger partial charge on any atom is -0.415 e. The van der Waals surface area contributed by atoms with Gasteiger partial charge >= 0.3 is 0 Å². The Morgan fingerprint density at radius 2 is 2.11 bits per heavy atom. The lowest BCUT2D eigenvalue weighted by atomic mass is 10.2. The highest BCUT2D eigenvalue weighted by Gasteiger charge is 2.36. The average Bonchev–Trinajstić information content (AvgIpc) is 2.64. The fourth-order valence-electron chi connectivity index (χ4n) is 1.48. The zero-order valence-electron chi connectivity index (χ0n) is 12.4. The van der Waals surface area contributed by atoms with Gasteiger partial charge in [-0.3, -0.25) is 0 Å². The van der Waals surface area contributed by atoms with Gasteiger partial charge in [0, 0.05) is 25.4 Å². The molecule has 1 rings (SSSR count). The molecule has 0 bridgehead atoms. The van der Waals surface area contributed by atoms with Crippen LogP contribution in [0.5, 0.6) is 0 Å². The molecule has 0 aliphatic rings. The highest BCUT2D eigenvalue weighted by molar-refractivity contribution is 6.74. The predicted octanol–water partition coefficient (Wildman–Crippen LogP) is 3.63. The molecule has 0 spiro atoms. The predicted molar refractivity (Wildman–Crippen MR) is 79.3 cm³/mol. The molecular weight excluding hydrogens is 240 g/mol. The molecule has 1 aromatic heterocycles. The molecule has 0 unspecified atom stereocenters. The molecule has 0 N–H and O–H groups in total. The normalized spacial score (nSPS) is 12.7. The average molecular weight is 266 g/mol. The number of imidazole rings is 1. The highest BCUT2D eigenvalue weighted by atomic mass is 28.4. The van der Waals surface area contributed by atoms with Crippen LogP contribution in [0.25, 0.3) is 0 Å². The molecule has 18 heavy (non-hydrogen) atoms. The molecule has 0 aliphatic carbocycles. The lowest BCUT2D eigenvalue weighted by Gasteiger charge is -2.36. The first-order chi connectivity index (χ1) is 8.28. The van der Waals surface area contributed by atoms with Gasteiger partial charge in [-0.25, -0.2) is 4.98 Å². The van der Waals surface area contributed by atoms with E-state index < -0.39 is 8.32 Å². The zero-order valence-corrected chi connectivity index (χ0v) is 13.4.